The number of halogens is 2. The number of amides is 1. The lowest BCUT2D eigenvalue weighted by Gasteiger charge is -2.17. The third-order valence-corrected chi connectivity index (χ3v) is 6.05. The maximum Gasteiger partial charge on any atom is 0.234 e. The van der Waals surface area contributed by atoms with Gasteiger partial charge in [0.25, 0.3) is 0 Å². The lowest BCUT2D eigenvalue weighted by atomic mass is 10.2. The first kappa shape index (κ1) is 23.4. The molecule has 6 nitrogen and oxygen atoms in total. The first-order chi connectivity index (χ1) is 14.9. The number of benzene rings is 2. The fourth-order valence-electron chi connectivity index (χ4n) is 2.86. The molecule has 0 saturated heterocycles. The number of nitrogens with one attached hydrogen (secondary N) is 1. The zero-order chi connectivity index (χ0) is 22.4. The number of thioether (sulfide) groups is 1. The molecule has 0 bridgehead atoms. The minimum Gasteiger partial charge on any atom is -0.482 e. The van der Waals surface area contributed by atoms with Gasteiger partial charge in [0.1, 0.15) is 5.75 Å². The van der Waals surface area contributed by atoms with E-state index in [0.29, 0.717) is 22.5 Å². The van der Waals surface area contributed by atoms with E-state index in [1.165, 1.54) is 11.8 Å². The van der Waals surface area contributed by atoms with E-state index >= 15 is 0 Å². The molecule has 1 unspecified atom stereocenters. The molecule has 3 aromatic rings. The number of aromatic nitrogens is 3. The van der Waals surface area contributed by atoms with Crippen LogP contribution in [0.25, 0.3) is 0 Å². The molecule has 0 radical (unpaired) electrons. The quantitative estimate of drug-likeness (QED) is 0.274. The van der Waals surface area contributed by atoms with Crippen LogP contribution in [0.5, 0.6) is 5.75 Å². The molecular formula is C22H22BrClN4O2S. The predicted molar refractivity (Wildman–Crippen MR) is 129 cm³/mol. The van der Waals surface area contributed by atoms with Crippen molar-refractivity contribution >= 4 is 50.9 Å². The topological polar surface area (TPSA) is 69.0 Å². The summed E-state index contributed by atoms with van der Waals surface area (Å²) in [6, 6.07) is 12.9. The Morgan fingerprint density at radius 1 is 1.32 bits per heavy atom. The van der Waals surface area contributed by atoms with Crippen molar-refractivity contribution in [3.63, 3.8) is 0 Å². The van der Waals surface area contributed by atoms with Crippen molar-refractivity contribution in [1.82, 2.24) is 14.8 Å². The van der Waals surface area contributed by atoms with E-state index < -0.39 is 0 Å². The minimum atomic E-state index is -0.349. The lowest BCUT2D eigenvalue weighted by molar-refractivity contribution is -0.113. The van der Waals surface area contributed by atoms with Crippen LogP contribution in [0.1, 0.15) is 24.4 Å². The summed E-state index contributed by atoms with van der Waals surface area (Å²) in [7, 11) is 0. The van der Waals surface area contributed by atoms with E-state index in [4.69, 9.17) is 16.3 Å². The smallest absolute Gasteiger partial charge is 0.234 e. The Morgan fingerprint density at radius 3 is 2.74 bits per heavy atom. The molecule has 1 aromatic heterocycles. The molecule has 1 N–H and O–H groups in total. The number of anilines is 1. The Labute approximate surface area is 199 Å². The van der Waals surface area contributed by atoms with Crippen LogP contribution in [-0.4, -0.2) is 26.4 Å². The Bertz CT molecular complexity index is 1070. The third-order valence-electron chi connectivity index (χ3n) is 4.32. The van der Waals surface area contributed by atoms with Crippen molar-refractivity contribution in [1.29, 1.82) is 0 Å². The molecule has 2 aromatic carbocycles. The highest BCUT2D eigenvalue weighted by molar-refractivity contribution is 9.10. The number of hydrogen-bond donors (Lipinski definition) is 1. The summed E-state index contributed by atoms with van der Waals surface area (Å²) in [4.78, 5) is 12.3. The molecule has 0 aliphatic carbocycles. The van der Waals surface area contributed by atoms with Crippen LogP contribution in [0.15, 0.2) is 64.7 Å². The summed E-state index contributed by atoms with van der Waals surface area (Å²) < 4.78 is 8.95. The standard InChI is InChI=1S/C22H22BrClN4O2S/c1-4-11-28-21(15(3)30-19-10-7-17(24)12-14(19)2)26-27-22(28)31-13-20(29)25-18-8-5-16(23)6-9-18/h4-10,12,15H,1,11,13H2,2-3H3,(H,25,29). The van der Waals surface area contributed by atoms with Gasteiger partial charge < -0.3 is 10.1 Å². The van der Waals surface area contributed by atoms with Gasteiger partial charge in [0.05, 0.1) is 5.75 Å². The van der Waals surface area contributed by atoms with Crippen LogP contribution >= 0.6 is 39.3 Å². The number of aryl methyl sites for hydroxylation is 1. The molecular weight excluding hydrogens is 500 g/mol. The van der Waals surface area contributed by atoms with Crippen LogP contribution in [0.3, 0.4) is 0 Å². The average molecular weight is 522 g/mol. The van der Waals surface area contributed by atoms with Crippen LogP contribution in [-0.2, 0) is 11.3 Å². The second-order valence-electron chi connectivity index (χ2n) is 6.75. The van der Waals surface area contributed by atoms with E-state index in [-0.39, 0.29) is 17.8 Å². The maximum atomic E-state index is 12.3. The molecule has 9 heteroatoms. The van der Waals surface area contributed by atoms with Crippen LogP contribution in [0.4, 0.5) is 5.69 Å². The summed E-state index contributed by atoms with van der Waals surface area (Å²) in [5, 5.41) is 12.7. The Hall–Kier alpha value is -2.29. The minimum absolute atomic E-state index is 0.122. The van der Waals surface area contributed by atoms with Gasteiger partial charge in [-0.1, -0.05) is 45.4 Å². The number of allylic oxidation sites excluding steroid dienone is 1. The van der Waals surface area contributed by atoms with Gasteiger partial charge in [-0.15, -0.1) is 16.8 Å². The molecule has 1 amide bonds. The molecule has 0 aliphatic rings. The highest BCUT2D eigenvalue weighted by Crippen LogP contribution is 2.28. The lowest BCUT2D eigenvalue weighted by Crippen LogP contribution is -2.15. The highest BCUT2D eigenvalue weighted by Gasteiger charge is 2.20. The zero-order valence-corrected chi connectivity index (χ0v) is 20.3. The second-order valence-corrected chi connectivity index (χ2v) is 9.05. The van der Waals surface area contributed by atoms with Gasteiger partial charge in [-0.05, 0) is 61.9 Å². The summed E-state index contributed by atoms with van der Waals surface area (Å²) in [5.74, 6) is 1.47. The fraction of sp³-hybridized carbons (Fsp3) is 0.227. The van der Waals surface area contributed by atoms with E-state index in [1.54, 1.807) is 12.1 Å². The number of rotatable bonds is 9. The van der Waals surface area contributed by atoms with Crippen LogP contribution in [0.2, 0.25) is 5.02 Å². The zero-order valence-electron chi connectivity index (χ0n) is 17.1. The van der Waals surface area contributed by atoms with Gasteiger partial charge in [0.2, 0.25) is 5.91 Å². The third kappa shape index (κ3) is 6.35. The molecule has 162 valence electrons. The van der Waals surface area contributed by atoms with Crippen LogP contribution in [0, 0.1) is 6.92 Å². The van der Waals surface area contributed by atoms with Crippen molar-refractivity contribution in [2.24, 2.45) is 0 Å². The number of carbonyl (C=O) groups is 1. The van der Waals surface area contributed by atoms with Crippen molar-refractivity contribution in [2.75, 3.05) is 11.1 Å². The molecule has 31 heavy (non-hydrogen) atoms. The van der Waals surface area contributed by atoms with Gasteiger partial charge >= 0.3 is 0 Å². The SMILES string of the molecule is C=CCn1c(SCC(=O)Nc2ccc(Br)cc2)nnc1C(C)Oc1ccc(Cl)cc1C. The molecule has 0 fully saturated rings. The summed E-state index contributed by atoms with van der Waals surface area (Å²) in [5.41, 5.74) is 1.68. The van der Waals surface area contributed by atoms with Gasteiger partial charge in [-0.2, -0.15) is 0 Å². The fourth-order valence-corrected chi connectivity index (χ4v) is 4.10. The predicted octanol–water partition coefficient (Wildman–Crippen LogP) is 6.06. The first-order valence-electron chi connectivity index (χ1n) is 9.52. The summed E-state index contributed by atoms with van der Waals surface area (Å²) in [6.45, 7) is 8.17. The van der Waals surface area contributed by atoms with Crippen molar-refractivity contribution in [3.8, 4) is 5.75 Å². The normalized spacial score (nSPS) is 11.7. The number of hydrogen-bond acceptors (Lipinski definition) is 5. The van der Waals surface area contributed by atoms with Crippen LogP contribution < -0.4 is 10.1 Å². The highest BCUT2D eigenvalue weighted by atomic mass is 79.9. The molecule has 1 heterocycles. The summed E-state index contributed by atoms with van der Waals surface area (Å²) >= 11 is 10.7. The molecule has 1 atom stereocenters. The van der Waals surface area contributed by atoms with E-state index in [2.05, 4.69) is 38.0 Å². The number of carbonyl (C=O) groups excluding carboxylic acids is 1. The van der Waals surface area contributed by atoms with Gasteiger partial charge in [0.15, 0.2) is 17.1 Å². The molecule has 3 rings (SSSR count). The molecule has 0 spiro atoms. The van der Waals surface area contributed by atoms with E-state index in [1.807, 2.05) is 54.8 Å². The Kier molecular flexibility index (Phi) is 8.17. The molecule has 0 saturated carbocycles. The number of nitrogens with zero attached hydrogens (tertiary/aromatic N) is 3. The van der Waals surface area contributed by atoms with Gasteiger partial charge in [-0.25, -0.2) is 0 Å². The number of ether oxygens (including phenoxy) is 1. The van der Waals surface area contributed by atoms with Crippen molar-refractivity contribution in [3.05, 3.63) is 76.0 Å². The van der Waals surface area contributed by atoms with Crippen molar-refractivity contribution < 1.29 is 9.53 Å². The Balaban J connectivity index is 1.68. The summed E-state index contributed by atoms with van der Waals surface area (Å²) in [6.07, 6.45) is 1.41. The Morgan fingerprint density at radius 2 is 2.06 bits per heavy atom. The van der Waals surface area contributed by atoms with Crippen molar-refractivity contribution in [2.45, 2.75) is 31.7 Å². The maximum absolute atomic E-state index is 12.3. The first-order valence-corrected chi connectivity index (χ1v) is 11.7. The van der Waals surface area contributed by atoms with E-state index in [9.17, 15) is 4.79 Å². The monoisotopic (exact) mass is 520 g/mol. The van der Waals surface area contributed by atoms with E-state index in [0.717, 1.165) is 21.5 Å². The van der Waals surface area contributed by atoms with Gasteiger partial charge in [-0.3, -0.25) is 9.36 Å². The molecule has 0 aliphatic heterocycles. The second kappa shape index (κ2) is 10.8. The largest absolute Gasteiger partial charge is 0.482 e. The average Bonchev–Trinajstić information content (AvgIpc) is 3.13. The van der Waals surface area contributed by atoms with Gasteiger partial charge in [0, 0.05) is 21.7 Å².